The van der Waals surface area contributed by atoms with Crippen molar-refractivity contribution in [2.75, 3.05) is 0 Å². The number of rotatable bonds is 0. The zero-order valence-electron chi connectivity index (χ0n) is 15.0. The summed E-state index contributed by atoms with van der Waals surface area (Å²) in [6, 6.07) is 15.9. The van der Waals surface area contributed by atoms with Crippen molar-refractivity contribution in [3.8, 4) is 11.1 Å². The lowest BCUT2D eigenvalue weighted by atomic mass is 9.52. The molecule has 3 rings (SSSR count). The minimum absolute atomic E-state index is 0.0941. The molecule has 0 heterocycles. The van der Waals surface area contributed by atoms with E-state index >= 15 is 0 Å². The van der Waals surface area contributed by atoms with E-state index in [-0.39, 0.29) is 16.2 Å². The molecule has 0 atom stereocenters. The van der Waals surface area contributed by atoms with E-state index < -0.39 is 0 Å². The van der Waals surface area contributed by atoms with Crippen LogP contribution in [-0.2, 0) is 10.8 Å². The third-order valence-corrected chi connectivity index (χ3v) is 6.86. The molecule has 0 saturated carbocycles. The molecule has 0 aromatic heterocycles. The molecular weight excluding hydrogens is 264 g/mol. The molecule has 0 aliphatic heterocycles. The van der Waals surface area contributed by atoms with Gasteiger partial charge in [0.1, 0.15) is 0 Å². The van der Waals surface area contributed by atoms with Crippen LogP contribution in [0.1, 0.15) is 58.2 Å². The van der Waals surface area contributed by atoms with Crippen LogP contribution in [0.15, 0.2) is 42.5 Å². The highest BCUT2D eigenvalue weighted by atomic mass is 14.6. The molecule has 0 heteroatoms. The average molecular weight is 292 g/mol. The van der Waals surface area contributed by atoms with Gasteiger partial charge in [0.05, 0.1) is 0 Å². The van der Waals surface area contributed by atoms with Gasteiger partial charge >= 0.3 is 0 Å². The molecule has 0 radical (unpaired) electrons. The zero-order valence-corrected chi connectivity index (χ0v) is 15.0. The topological polar surface area (TPSA) is 0 Å². The Morgan fingerprint density at radius 1 is 0.636 bits per heavy atom. The van der Waals surface area contributed by atoms with Gasteiger partial charge in [-0.2, -0.15) is 0 Å². The Bertz CT molecular complexity index is 729. The maximum absolute atomic E-state index is 2.43. The van der Waals surface area contributed by atoms with Crippen molar-refractivity contribution in [1.29, 1.82) is 0 Å². The van der Waals surface area contributed by atoms with Gasteiger partial charge in [0, 0.05) is 0 Å². The van der Waals surface area contributed by atoms with E-state index in [0.29, 0.717) is 0 Å². The first kappa shape index (κ1) is 15.3. The lowest BCUT2D eigenvalue weighted by molar-refractivity contribution is 0.0948. The molecule has 0 spiro atoms. The molecule has 0 N–H and O–H groups in total. The number of benzene rings is 2. The van der Waals surface area contributed by atoms with Crippen molar-refractivity contribution in [1.82, 2.24) is 0 Å². The highest BCUT2D eigenvalue weighted by molar-refractivity contribution is 5.75. The van der Waals surface area contributed by atoms with Crippen LogP contribution in [0, 0.1) is 12.3 Å². The Hall–Kier alpha value is -1.56. The summed E-state index contributed by atoms with van der Waals surface area (Å²) in [5.41, 5.74) is 7.43. The van der Waals surface area contributed by atoms with Crippen molar-refractivity contribution in [3.63, 3.8) is 0 Å². The van der Waals surface area contributed by atoms with Gasteiger partial charge in [-0.05, 0) is 45.4 Å². The zero-order chi connectivity index (χ0) is 16.3. The molecule has 22 heavy (non-hydrogen) atoms. The van der Waals surface area contributed by atoms with Crippen LogP contribution in [0.4, 0.5) is 0 Å². The second kappa shape index (κ2) is 4.47. The minimum atomic E-state index is 0.0941. The number of hydrogen-bond donors (Lipinski definition) is 0. The fourth-order valence-corrected chi connectivity index (χ4v) is 4.13. The highest BCUT2D eigenvalue weighted by Crippen LogP contribution is 2.59. The molecule has 0 saturated heterocycles. The second-order valence-electron chi connectivity index (χ2n) is 8.47. The number of aryl methyl sites for hydroxylation is 1. The third kappa shape index (κ3) is 1.76. The molecular formula is C22H28. The van der Waals surface area contributed by atoms with E-state index in [1.54, 1.807) is 0 Å². The van der Waals surface area contributed by atoms with Crippen LogP contribution in [0.3, 0.4) is 0 Å². The van der Waals surface area contributed by atoms with Crippen molar-refractivity contribution in [3.05, 3.63) is 59.2 Å². The summed E-state index contributed by atoms with van der Waals surface area (Å²) in [6.07, 6.45) is 0. The van der Waals surface area contributed by atoms with Gasteiger partial charge in [-0.1, -0.05) is 89.6 Å². The maximum atomic E-state index is 2.43. The maximum Gasteiger partial charge on any atom is -0.00379 e. The van der Waals surface area contributed by atoms with Gasteiger partial charge in [-0.25, -0.2) is 0 Å². The van der Waals surface area contributed by atoms with E-state index in [1.165, 1.54) is 27.8 Å². The summed E-state index contributed by atoms with van der Waals surface area (Å²) in [4.78, 5) is 0. The predicted octanol–water partition coefficient (Wildman–Crippen LogP) is 6.26. The smallest absolute Gasteiger partial charge is 0.00379 e. The van der Waals surface area contributed by atoms with Crippen LogP contribution >= 0.6 is 0 Å². The fourth-order valence-electron chi connectivity index (χ4n) is 4.13. The first-order valence-corrected chi connectivity index (χ1v) is 8.32. The molecule has 2 aromatic carbocycles. The molecule has 2 aromatic rings. The normalized spacial score (nSPS) is 20.7. The quantitative estimate of drug-likeness (QED) is 0.538. The van der Waals surface area contributed by atoms with Crippen LogP contribution in [0.2, 0.25) is 0 Å². The SMILES string of the molecule is Cc1ccc2c(c1)C(C)(C)C(C)(C)C(C)(C)c1ccccc1-2. The van der Waals surface area contributed by atoms with E-state index in [1.807, 2.05) is 0 Å². The number of hydrogen-bond acceptors (Lipinski definition) is 0. The van der Waals surface area contributed by atoms with Gasteiger partial charge in [0.2, 0.25) is 0 Å². The molecule has 0 fully saturated rings. The van der Waals surface area contributed by atoms with E-state index in [4.69, 9.17) is 0 Å². The molecule has 0 amide bonds. The lowest BCUT2D eigenvalue weighted by Crippen LogP contribution is -2.48. The van der Waals surface area contributed by atoms with Crippen LogP contribution in [0.25, 0.3) is 11.1 Å². The van der Waals surface area contributed by atoms with Crippen molar-refractivity contribution in [2.24, 2.45) is 5.41 Å². The first-order valence-electron chi connectivity index (χ1n) is 8.32. The summed E-state index contributed by atoms with van der Waals surface area (Å²) in [5.74, 6) is 0. The molecule has 1 aliphatic rings. The summed E-state index contributed by atoms with van der Waals surface area (Å²) < 4.78 is 0. The van der Waals surface area contributed by atoms with E-state index in [2.05, 4.69) is 90.9 Å². The van der Waals surface area contributed by atoms with Gasteiger partial charge in [-0.3, -0.25) is 0 Å². The molecule has 1 aliphatic carbocycles. The summed E-state index contributed by atoms with van der Waals surface area (Å²) in [5, 5.41) is 0. The summed E-state index contributed by atoms with van der Waals surface area (Å²) in [6.45, 7) is 16.7. The highest BCUT2D eigenvalue weighted by Gasteiger charge is 2.52. The van der Waals surface area contributed by atoms with Crippen molar-refractivity contribution >= 4 is 0 Å². The van der Waals surface area contributed by atoms with E-state index in [9.17, 15) is 0 Å². The summed E-state index contributed by atoms with van der Waals surface area (Å²) >= 11 is 0. The summed E-state index contributed by atoms with van der Waals surface area (Å²) in [7, 11) is 0. The minimum Gasteiger partial charge on any atom is -0.0619 e. The third-order valence-electron chi connectivity index (χ3n) is 6.86. The van der Waals surface area contributed by atoms with Gasteiger partial charge < -0.3 is 0 Å². The fraction of sp³-hybridized carbons (Fsp3) is 0.455. The van der Waals surface area contributed by atoms with Gasteiger partial charge in [0.15, 0.2) is 0 Å². The van der Waals surface area contributed by atoms with Crippen LogP contribution < -0.4 is 0 Å². The Morgan fingerprint density at radius 2 is 1.18 bits per heavy atom. The van der Waals surface area contributed by atoms with Crippen molar-refractivity contribution in [2.45, 2.75) is 59.3 Å². The standard InChI is InChI=1S/C22H28/c1-15-12-13-17-16-10-8-9-11-18(16)20(2,3)22(6,7)21(4,5)19(17)14-15/h8-14H,1-7H3. The molecule has 0 bridgehead atoms. The molecule has 116 valence electrons. The first-order chi connectivity index (χ1) is 10.1. The van der Waals surface area contributed by atoms with Gasteiger partial charge in [0.25, 0.3) is 0 Å². The average Bonchev–Trinajstić information content (AvgIpc) is 2.49. The van der Waals surface area contributed by atoms with Crippen LogP contribution in [0.5, 0.6) is 0 Å². The second-order valence-corrected chi connectivity index (χ2v) is 8.47. The predicted molar refractivity (Wildman–Crippen MR) is 96.4 cm³/mol. The van der Waals surface area contributed by atoms with Crippen molar-refractivity contribution < 1.29 is 0 Å². The van der Waals surface area contributed by atoms with E-state index in [0.717, 1.165) is 0 Å². The number of fused-ring (bicyclic) bond motifs is 3. The Morgan fingerprint density at radius 3 is 1.86 bits per heavy atom. The van der Waals surface area contributed by atoms with Gasteiger partial charge in [-0.15, -0.1) is 0 Å². The Labute approximate surface area is 135 Å². The van der Waals surface area contributed by atoms with Crippen LogP contribution in [-0.4, -0.2) is 0 Å². The molecule has 0 unspecified atom stereocenters. The largest absolute Gasteiger partial charge is 0.0619 e. The molecule has 0 nitrogen and oxygen atoms in total. The Balaban J connectivity index is 2.49. The monoisotopic (exact) mass is 292 g/mol. The Kier molecular flexibility index (Phi) is 3.12. The lowest BCUT2D eigenvalue weighted by Gasteiger charge is -2.51.